The Labute approximate surface area is 121 Å². The van der Waals surface area contributed by atoms with Crippen LogP contribution < -0.4 is 10.2 Å². The molecule has 3 rings (SSSR count). The third-order valence-electron chi connectivity index (χ3n) is 4.93. The smallest absolute Gasteiger partial charge is 0.266 e. The normalized spacial score (nSPS) is 30.0. The van der Waals surface area contributed by atoms with Gasteiger partial charge < -0.3 is 14.7 Å². The lowest BCUT2D eigenvalue weighted by atomic mass is 9.78. The summed E-state index contributed by atoms with van der Waals surface area (Å²) in [5, 5.41) is 7.88. The van der Waals surface area contributed by atoms with Crippen LogP contribution >= 0.6 is 0 Å². The van der Waals surface area contributed by atoms with E-state index in [9.17, 15) is 0 Å². The third-order valence-corrected chi connectivity index (χ3v) is 4.93. The second-order valence-corrected chi connectivity index (χ2v) is 6.05. The summed E-state index contributed by atoms with van der Waals surface area (Å²) in [6, 6.07) is 0.914. The van der Waals surface area contributed by atoms with Crippen LogP contribution in [0.5, 0.6) is 0 Å². The third kappa shape index (κ3) is 2.68. The average Bonchev–Trinajstić information content (AvgIpc) is 2.98. The van der Waals surface area contributed by atoms with Crippen molar-refractivity contribution in [3.8, 4) is 0 Å². The molecule has 0 amide bonds. The van der Waals surface area contributed by atoms with E-state index >= 15 is 0 Å². The highest BCUT2D eigenvalue weighted by Gasteiger charge is 2.34. The number of hydrogen-bond donors (Lipinski definition) is 1. The van der Waals surface area contributed by atoms with Gasteiger partial charge in [-0.2, -0.15) is 4.98 Å². The number of nitrogens with one attached hydrogen (secondary N) is 1. The van der Waals surface area contributed by atoms with Crippen molar-refractivity contribution in [3.63, 3.8) is 0 Å². The zero-order valence-corrected chi connectivity index (χ0v) is 12.6. The number of rotatable bonds is 4. The van der Waals surface area contributed by atoms with Crippen molar-refractivity contribution < 1.29 is 4.52 Å². The van der Waals surface area contributed by atoms with Gasteiger partial charge in [0.25, 0.3) is 5.95 Å². The first kappa shape index (κ1) is 13.9. The van der Waals surface area contributed by atoms with Crippen molar-refractivity contribution in [1.29, 1.82) is 0 Å². The van der Waals surface area contributed by atoms with Gasteiger partial charge >= 0.3 is 0 Å². The summed E-state index contributed by atoms with van der Waals surface area (Å²) < 4.78 is 5.50. The first-order valence-electron chi connectivity index (χ1n) is 8.16. The molecule has 2 aliphatic rings. The van der Waals surface area contributed by atoms with Gasteiger partial charge in [-0.15, -0.1) is 0 Å². The monoisotopic (exact) mass is 278 g/mol. The maximum atomic E-state index is 5.50. The summed E-state index contributed by atoms with van der Waals surface area (Å²) in [5.74, 6) is 2.37. The fraction of sp³-hybridized carbons (Fsp3) is 0.867. The number of hydrogen-bond acceptors (Lipinski definition) is 5. The summed E-state index contributed by atoms with van der Waals surface area (Å²) in [5.41, 5.74) is 0. The molecule has 0 bridgehead atoms. The Morgan fingerprint density at radius 3 is 2.75 bits per heavy atom. The number of nitrogens with zero attached hydrogens (tertiary/aromatic N) is 3. The molecule has 1 aliphatic carbocycles. The molecule has 0 radical (unpaired) electrons. The van der Waals surface area contributed by atoms with E-state index < -0.39 is 0 Å². The van der Waals surface area contributed by atoms with Crippen LogP contribution in [0.15, 0.2) is 4.52 Å². The molecule has 3 unspecified atom stereocenters. The average molecular weight is 278 g/mol. The van der Waals surface area contributed by atoms with Crippen LogP contribution in [0.1, 0.15) is 64.3 Å². The van der Waals surface area contributed by atoms with Crippen LogP contribution in [0.3, 0.4) is 0 Å². The molecule has 2 heterocycles. The van der Waals surface area contributed by atoms with Crippen molar-refractivity contribution >= 4 is 5.95 Å². The van der Waals surface area contributed by atoms with Gasteiger partial charge in [0.1, 0.15) is 0 Å². The number of piperidine rings is 1. The van der Waals surface area contributed by atoms with E-state index in [1.54, 1.807) is 0 Å². The minimum Gasteiger partial charge on any atom is -0.339 e. The first-order chi connectivity index (χ1) is 9.81. The Morgan fingerprint density at radius 2 is 1.95 bits per heavy atom. The molecule has 1 saturated heterocycles. The molecular formula is C15H26N4O. The number of aromatic nitrogens is 2. The highest BCUT2D eigenvalue weighted by Crippen LogP contribution is 2.36. The standard InChI is InChI=1S/C15H26N4O/c1-3-19(4-2)15-17-14(20-18-15)13-10-9-11-7-5-6-8-12(11)16-13/h11-13,16H,3-10H2,1-2H3. The Morgan fingerprint density at radius 1 is 1.15 bits per heavy atom. The Balaban J connectivity index is 1.67. The number of anilines is 1. The number of fused-ring (bicyclic) bond motifs is 1. The molecule has 1 N–H and O–H groups in total. The molecule has 1 aliphatic heterocycles. The molecule has 3 atom stereocenters. The van der Waals surface area contributed by atoms with Gasteiger partial charge in [0.05, 0.1) is 6.04 Å². The van der Waals surface area contributed by atoms with Gasteiger partial charge in [-0.3, -0.25) is 0 Å². The molecule has 112 valence electrons. The van der Waals surface area contributed by atoms with Crippen molar-refractivity contribution in [2.75, 3.05) is 18.0 Å². The Kier molecular flexibility index (Phi) is 4.24. The van der Waals surface area contributed by atoms with Gasteiger partial charge in [-0.1, -0.05) is 12.8 Å². The first-order valence-corrected chi connectivity index (χ1v) is 8.16. The Bertz CT molecular complexity index is 429. The molecule has 20 heavy (non-hydrogen) atoms. The van der Waals surface area contributed by atoms with Crippen LogP contribution in [-0.4, -0.2) is 29.3 Å². The zero-order chi connectivity index (χ0) is 13.9. The minimum atomic E-state index is 0.256. The largest absolute Gasteiger partial charge is 0.339 e. The van der Waals surface area contributed by atoms with Gasteiger partial charge in [0.15, 0.2) is 0 Å². The lowest BCUT2D eigenvalue weighted by Gasteiger charge is -2.39. The molecule has 5 heteroatoms. The zero-order valence-electron chi connectivity index (χ0n) is 12.6. The van der Waals surface area contributed by atoms with E-state index in [4.69, 9.17) is 4.52 Å². The lowest BCUT2D eigenvalue weighted by Crippen LogP contribution is -2.44. The van der Waals surface area contributed by atoms with Crippen LogP contribution in [0.25, 0.3) is 0 Å². The summed E-state index contributed by atoms with van der Waals surface area (Å²) >= 11 is 0. The van der Waals surface area contributed by atoms with E-state index in [-0.39, 0.29) is 6.04 Å². The van der Waals surface area contributed by atoms with Gasteiger partial charge in [0.2, 0.25) is 5.89 Å². The highest BCUT2D eigenvalue weighted by atomic mass is 16.5. The van der Waals surface area contributed by atoms with Crippen LogP contribution in [0, 0.1) is 5.92 Å². The van der Waals surface area contributed by atoms with Crippen LogP contribution in [0.2, 0.25) is 0 Å². The van der Waals surface area contributed by atoms with E-state index in [1.165, 1.54) is 32.1 Å². The second kappa shape index (κ2) is 6.12. The summed E-state index contributed by atoms with van der Waals surface area (Å²) in [6.07, 6.45) is 7.87. The molecule has 1 saturated carbocycles. The molecule has 2 fully saturated rings. The van der Waals surface area contributed by atoms with Crippen molar-refractivity contribution in [2.24, 2.45) is 5.92 Å². The molecular weight excluding hydrogens is 252 g/mol. The molecule has 0 aromatic carbocycles. The van der Waals surface area contributed by atoms with Crippen molar-refractivity contribution in [2.45, 2.75) is 64.5 Å². The van der Waals surface area contributed by atoms with Crippen LogP contribution in [-0.2, 0) is 0 Å². The maximum absolute atomic E-state index is 5.50. The fourth-order valence-electron chi connectivity index (χ4n) is 3.69. The summed E-state index contributed by atoms with van der Waals surface area (Å²) in [6.45, 7) is 6.06. The van der Waals surface area contributed by atoms with Gasteiger partial charge in [0, 0.05) is 19.1 Å². The fourth-order valence-corrected chi connectivity index (χ4v) is 3.69. The second-order valence-electron chi connectivity index (χ2n) is 6.05. The van der Waals surface area contributed by atoms with Crippen molar-refractivity contribution in [3.05, 3.63) is 5.89 Å². The van der Waals surface area contributed by atoms with E-state index in [0.717, 1.165) is 37.3 Å². The van der Waals surface area contributed by atoms with Gasteiger partial charge in [-0.25, -0.2) is 0 Å². The summed E-state index contributed by atoms with van der Waals surface area (Å²) in [7, 11) is 0. The quantitative estimate of drug-likeness (QED) is 0.917. The van der Waals surface area contributed by atoms with E-state index in [1.807, 2.05) is 0 Å². The minimum absolute atomic E-state index is 0.256. The van der Waals surface area contributed by atoms with E-state index in [0.29, 0.717) is 6.04 Å². The molecule has 5 nitrogen and oxygen atoms in total. The maximum Gasteiger partial charge on any atom is 0.266 e. The summed E-state index contributed by atoms with van der Waals surface area (Å²) in [4.78, 5) is 6.72. The molecule has 1 aromatic heterocycles. The SMILES string of the molecule is CCN(CC)c1noc(C2CCC3CCCCC3N2)n1. The predicted molar refractivity (Wildman–Crippen MR) is 78.7 cm³/mol. The lowest BCUT2D eigenvalue weighted by molar-refractivity contribution is 0.158. The van der Waals surface area contributed by atoms with Crippen LogP contribution in [0.4, 0.5) is 5.95 Å². The van der Waals surface area contributed by atoms with E-state index in [2.05, 4.69) is 34.2 Å². The predicted octanol–water partition coefficient (Wildman–Crippen LogP) is 2.90. The molecule has 1 aromatic rings. The Hall–Kier alpha value is -1.10. The van der Waals surface area contributed by atoms with Gasteiger partial charge in [-0.05, 0) is 50.6 Å². The topological polar surface area (TPSA) is 54.2 Å². The van der Waals surface area contributed by atoms with Crippen molar-refractivity contribution in [1.82, 2.24) is 15.5 Å². The highest BCUT2D eigenvalue weighted by molar-refractivity contribution is 5.27. The molecule has 0 spiro atoms.